The molecule has 0 unspecified atom stereocenters. The van der Waals surface area contributed by atoms with Crippen molar-refractivity contribution < 1.29 is 4.74 Å². The van der Waals surface area contributed by atoms with Gasteiger partial charge in [0.2, 0.25) is 10.6 Å². The van der Waals surface area contributed by atoms with E-state index in [4.69, 9.17) is 27.9 Å². The molecule has 0 saturated carbocycles. The third-order valence-electron chi connectivity index (χ3n) is 3.58. The van der Waals surface area contributed by atoms with E-state index in [1.54, 1.807) is 24.8 Å². The van der Waals surface area contributed by atoms with Crippen LogP contribution in [-0.4, -0.2) is 26.5 Å². The van der Waals surface area contributed by atoms with Crippen molar-refractivity contribution in [3.8, 4) is 28.0 Å². The molecule has 128 valence electrons. The van der Waals surface area contributed by atoms with Crippen LogP contribution in [-0.2, 0) is 0 Å². The van der Waals surface area contributed by atoms with E-state index < -0.39 is 0 Å². The lowest BCUT2D eigenvalue weighted by atomic mass is 10.0. The molecule has 1 aromatic carbocycles. The average molecular weight is 375 g/mol. The zero-order chi connectivity index (χ0) is 17.6. The number of hydrogen-bond donors (Lipinski definition) is 0. The molecule has 0 fully saturated rings. The Labute approximate surface area is 156 Å². The first-order valence-corrected chi connectivity index (χ1v) is 8.65. The maximum atomic E-state index is 5.88. The minimum Gasteiger partial charge on any atom is -0.494 e. The molecule has 25 heavy (non-hydrogen) atoms. The van der Waals surface area contributed by atoms with E-state index in [9.17, 15) is 0 Å². The zero-order valence-electron chi connectivity index (χ0n) is 13.6. The molecule has 0 radical (unpaired) electrons. The summed E-state index contributed by atoms with van der Waals surface area (Å²) in [5.41, 5.74) is 3.55. The highest BCUT2D eigenvalue weighted by atomic mass is 35.5. The molecule has 2 aromatic heterocycles. The Bertz CT molecular complexity index is 775. The molecule has 0 atom stereocenters. The van der Waals surface area contributed by atoms with Crippen molar-refractivity contribution in [1.29, 1.82) is 0 Å². The summed E-state index contributed by atoms with van der Waals surface area (Å²) in [6, 6.07) is 5.93. The summed E-state index contributed by atoms with van der Waals surface area (Å²) in [6.07, 6.45) is 8.80. The van der Waals surface area contributed by atoms with Gasteiger partial charge >= 0.3 is 0 Å². The molecule has 0 bridgehead atoms. The topological polar surface area (TPSA) is 60.8 Å². The van der Waals surface area contributed by atoms with Crippen LogP contribution in [0.25, 0.3) is 22.3 Å². The molecular formula is C18H16Cl2N4O. The Balaban J connectivity index is 2.01. The van der Waals surface area contributed by atoms with Gasteiger partial charge in [0.15, 0.2) is 0 Å². The normalized spacial score (nSPS) is 10.7. The summed E-state index contributed by atoms with van der Waals surface area (Å²) in [7, 11) is 0. The van der Waals surface area contributed by atoms with Gasteiger partial charge in [-0.3, -0.25) is 0 Å². The van der Waals surface area contributed by atoms with Gasteiger partial charge < -0.3 is 4.74 Å². The van der Waals surface area contributed by atoms with Gasteiger partial charge in [0.1, 0.15) is 5.75 Å². The van der Waals surface area contributed by atoms with Crippen LogP contribution in [0.1, 0.15) is 19.8 Å². The molecule has 0 N–H and O–H groups in total. The van der Waals surface area contributed by atoms with E-state index in [2.05, 4.69) is 26.9 Å². The van der Waals surface area contributed by atoms with Crippen LogP contribution in [0.4, 0.5) is 0 Å². The van der Waals surface area contributed by atoms with Gasteiger partial charge in [0.05, 0.1) is 6.61 Å². The number of aromatic nitrogens is 4. The van der Waals surface area contributed by atoms with Crippen LogP contribution >= 0.6 is 23.2 Å². The van der Waals surface area contributed by atoms with Gasteiger partial charge in [-0.25, -0.2) is 19.9 Å². The van der Waals surface area contributed by atoms with E-state index in [1.807, 2.05) is 18.2 Å². The Kier molecular flexibility index (Phi) is 5.79. The standard InChI is InChI=1S/C18H16Cl2N4O/c1-2-3-4-25-16-6-12(14-8-21-17(19)22-9-14)5-13(7-16)15-10-23-18(20)24-11-15/h5-11H,2-4H2,1H3. The third-order valence-corrected chi connectivity index (χ3v) is 3.97. The molecule has 0 spiro atoms. The summed E-state index contributed by atoms with van der Waals surface area (Å²) in [5.74, 6) is 0.769. The highest BCUT2D eigenvalue weighted by molar-refractivity contribution is 6.28. The van der Waals surface area contributed by atoms with Gasteiger partial charge in [-0.1, -0.05) is 13.3 Å². The summed E-state index contributed by atoms with van der Waals surface area (Å²) in [5, 5.41) is 0.427. The molecule has 0 saturated heterocycles. The van der Waals surface area contributed by atoms with E-state index >= 15 is 0 Å². The number of halogens is 2. The zero-order valence-corrected chi connectivity index (χ0v) is 15.1. The summed E-state index contributed by atoms with van der Waals surface area (Å²) < 4.78 is 5.88. The minimum absolute atomic E-state index is 0.213. The van der Waals surface area contributed by atoms with Crippen molar-refractivity contribution in [2.75, 3.05) is 6.61 Å². The first-order valence-electron chi connectivity index (χ1n) is 7.89. The number of rotatable bonds is 6. The Morgan fingerprint density at radius 1 is 0.760 bits per heavy atom. The van der Waals surface area contributed by atoms with E-state index in [0.29, 0.717) is 6.61 Å². The smallest absolute Gasteiger partial charge is 0.222 e. The summed E-state index contributed by atoms with van der Waals surface area (Å²) in [6.45, 7) is 2.79. The predicted molar refractivity (Wildman–Crippen MR) is 98.9 cm³/mol. The average Bonchev–Trinajstić information content (AvgIpc) is 2.63. The van der Waals surface area contributed by atoms with Crippen molar-refractivity contribution in [1.82, 2.24) is 19.9 Å². The largest absolute Gasteiger partial charge is 0.494 e. The number of benzene rings is 1. The van der Waals surface area contributed by atoms with E-state index in [0.717, 1.165) is 40.8 Å². The second-order valence-electron chi connectivity index (χ2n) is 5.43. The second-order valence-corrected chi connectivity index (χ2v) is 6.11. The van der Waals surface area contributed by atoms with Gasteiger partial charge in [-0.05, 0) is 58.9 Å². The fourth-order valence-corrected chi connectivity index (χ4v) is 2.47. The number of nitrogens with zero attached hydrogens (tertiary/aromatic N) is 4. The maximum absolute atomic E-state index is 5.88. The highest BCUT2D eigenvalue weighted by Gasteiger charge is 2.08. The van der Waals surface area contributed by atoms with Crippen LogP contribution in [0.2, 0.25) is 10.6 Å². The lowest BCUT2D eigenvalue weighted by molar-refractivity contribution is 0.309. The van der Waals surface area contributed by atoms with Crippen molar-refractivity contribution in [3.05, 3.63) is 53.6 Å². The maximum Gasteiger partial charge on any atom is 0.222 e. The Morgan fingerprint density at radius 2 is 1.24 bits per heavy atom. The lowest BCUT2D eigenvalue weighted by Crippen LogP contribution is -1.97. The summed E-state index contributed by atoms with van der Waals surface area (Å²) in [4.78, 5) is 16.2. The molecule has 0 aliphatic carbocycles. The van der Waals surface area contributed by atoms with E-state index in [-0.39, 0.29) is 10.6 Å². The minimum atomic E-state index is 0.213. The van der Waals surface area contributed by atoms with Crippen molar-refractivity contribution in [2.45, 2.75) is 19.8 Å². The van der Waals surface area contributed by atoms with Crippen LogP contribution in [0, 0.1) is 0 Å². The lowest BCUT2D eigenvalue weighted by Gasteiger charge is -2.11. The molecule has 2 heterocycles. The molecule has 3 rings (SSSR count). The Hall–Kier alpha value is -2.24. The number of unbranched alkanes of at least 4 members (excludes halogenated alkanes) is 1. The van der Waals surface area contributed by atoms with Gasteiger partial charge in [-0.2, -0.15) is 0 Å². The fourth-order valence-electron chi connectivity index (χ4n) is 2.27. The van der Waals surface area contributed by atoms with Crippen LogP contribution < -0.4 is 4.74 Å². The number of hydrogen-bond acceptors (Lipinski definition) is 5. The van der Waals surface area contributed by atoms with Crippen molar-refractivity contribution >= 4 is 23.2 Å². The first-order chi connectivity index (χ1) is 12.2. The van der Waals surface area contributed by atoms with Crippen LogP contribution in [0.5, 0.6) is 5.75 Å². The SMILES string of the molecule is CCCCOc1cc(-c2cnc(Cl)nc2)cc(-c2cnc(Cl)nc2)c1. The van der Waals surface area contributed by atoms with Crippen molar-refractivity contribution in [2.24, 2.45) is 0 Å². The predicted octanol–water partition coefficient (Wildman–Crippen LogP) is 5.09. The number of ether oxygens (including phenoxy) is 1. The van der Waals surface area contributed by atoms with Gasteiger partial charge in [-0.15, -0.1) is 0 Å². The molecule has 5 nitrogen and oxygen atoms in total. The molecule has 0 aliphatic heterocycles. The van der Waals surface area contributed by atoms with E-state index in [1.165, 1.54) is 0 Å². The Morgan fingerprint density at radius 3 is 1.68 bits per heavy atom. The molecule has 0 aliphatic rings. The summed E-state index contributed by atoms with van der Waals surface area (Å²) >= 11 is 11.6. The van der Waals surface area contributed by atoms with Crippen LogP contribution in [0.3, 0.4) is 0 Å². The van der Waals surface area contributed by atoms with Crippen molar-refractivity contribution in [3.63, 3.8) is 0 Å². The molecule has 0 amide bonds. The molecule has 7 heteroatoms. The monoisotopic (exact) mass is 374 g/mol. The van der Waals surface area contributed by atoms with Gasteiger partial charge in [0, 0.05) is 35.9 Å². The van der Waals surface area contributed by atoms with Crippen LogP contribution in [0.15, 0.2) is 43.0 Å². The fraction of sp³-hybridized carbons (Fsp3) is 0.222. The quantitative estimate of drug-likeness (QED) is 0.444. The first kappa shape index (κ1) is 17.6. The molecular weight excluding hydrogens is 359 g/mol. The third kappa shape index (κ3) is 4.65. The van der Waals surface area contributed by atoms with Gasteiger partial charge in [0.25, 0.3) is 0 Å². The molecule has 3 aromatic rings. The second kappa shape index (κ2) is 8.23. The highest BCUT2D eigenvalue weighted by Crippen LogP contribution is 2.31.